The molecule has 2 atom stereocenters. The van der Waals surface area contributed by atoms with Gasteiger partial charge in [-0.3, -0.25) is 14.5 Å². The predicted octanol–water partition coefficient (Wildman–Crippen LogP) is 1.34. The number of thiophene rings is 1. The minimum Gasteiger partial charge on any atom is -0.320 e. The number of amides is 2. The number of hydrogen-bond donors (Lipinski definition) is 1. The van der Waals surface area contributed by atoms with E-state index in [2.05, 4.69) is 11.8 Å². The van der Waals surface area contributed by atoms with Crippen LogP contribution in [-0.4, -0.2) is 23.3 Å². The molecule has 2 aliphatic rings. The Morgan fingerprint density at radius 3 is 2.60 bits per heavy atom. The molecule has 0 aromatic carbocycles. The Hall–Kier alpha value is -1.64. The molecule has 2 heterocycles. The van der Waals surface area contributed by atoms with Gasteiger partial charge in [0, 0.05) is 16.7 Å². The molecule has 104 valence electrons. The molecule has 2 amide bonds. The highest BCUT2D eigenvalue weighted by molar-refractivity contribution is 7.12. The molecular formula is C15H16N2O2S. The van der Waals surface area contributed by atoms with E-state index in [0.29, 0.717) is 13.1 Å². The van der Waals surface area contributed by atoms with Crippen LogP contribution in [-0.2, 0) is 16.1 Å². The molecule has 1 aromatic heterocycles. The molecule has 2 unspecified atom stereocenters. The molecule has 1 saturated heterocycles. The fourth-order valence-corrected chi connectivity index (χ4v) is 3.83. The van der Waals surface area contributed by atoms with E-state index in [0.717, 1.165) is 29.0 Å². The number of imide groups is 1. The standard InChI is InChI=1S/C15H16N2O2S/c16-7-1-2-12-5-6-13(20-12)9-17-14(18)10-3-4-11(8-10)15(17)19/h5-6,10-11H,3-4,7-9,16H2. The molecule has 4 nitrogen and oxygen atoms in total. The monoisotopic (exact) mass is 288 g/mol. The molecule has 1 aliphatic heterocycles. The molecular weight excluding hydrogens is 272 g/mol. The van der Waals surface area contributed by atoms with Crippen molar-refractivity contribution in [1.82, 2.24) is 4.90 Å². The summed E-state index contributed by atoms with van der Waals surface area (Å²) < 4.78 is 0. The van der Waals surface area contributed by atoms with Gasteiger partial charge in [-0.1, -0.05) is 11.8 Å². The lowest BCUT2D eigenvalue weighted by Gasteiger charge is -2.29. The highest BCUT2D eigenvalue weighted by atomic mass is 32.1. The van der Waals surface area contributed by atoms with E-state index in [4.69, 9.17) is 5.73 Å². The zero-order valence-electron chi connectivity index (χ0n) is 11.1. The number of nitrogens with two attached hydrogens (primary N) is 1. The topological polar surface area (TPSA) is 63.4 Å². The highest BCUT2D eigenvalue weighted by Gasteiger charge is 2.45. The van der Waals surface area contributed by atoms with Crippen LogP contribution in [0.2, 0.25) is 0 Å². The molecule has 2 bridgehead atoms. The van der Waals surface area contributed by atoms with Crippen molar-refractivity contribution in [3.63, 3.8) is 0 Å². The van der Waals surface area contributed by atoms with Gasteiger partial charge in [0.15, 0.2) is 0 Å². The normalized spacial score (nSPS) is 24.8. The number of piperidine rings is 1. The predicted molar refractivity (Wildman–Crippen MR) is 76.6 cm³/mol. The van der Waals surface area contributed by atoms with E-state index in [9.17, 15) is 9.59 Å². The molecule has 0 radical (unpaired) electrons. The average Bonchev–Trinajstić information content (AvgIpc) is 3.07. The van der Waals surface area contributed by atoms with Crippen molar-refractivity contribution >= 4 is 23.2 Å². The Morgan fingerprint density at radius 1 is 1.25 bits per heavy atom. The number of carbonyl (C=O) groups is 2. The van der Waals surface area contributed by atoms with Gasteiger partial charge in [-0.25, -0.2) is 0 Å². The van der Waals surface area contributed by atoms with Gasteiger partial charge >= 0.3 is 0 Å². The van der Waals surface area contributed by atoms with E-state index in [1.165, 1.54) is 16.2 Å². The van der Waals surface area contributed by atoms with Crippen LogP contribution in [0.4, 0.5) is 0 Å². The fraction of sp³-hybridized carbons (Fsp3) is 0.467. The Balaban J connectivity index is 1.75. The van der Waals surface area contributed by atoms with Crippen molar-refractivity contribution in [3.05, 3.63) is 21.9 Å². The summed E-state index contributed by atoms with van der Waals surface area (Å²) in [5.74, 6) is 5.91. The Labute approximate surface area is 121 Å². The third kappa shape index (κ3) is 2.37. The zero-order valence-corrected chi connectivity index (χ0v) is 11.9. The van der Waals surface area contributed by atoms with E-state index >= 15 is 0 Å². The number of fused-ring (bicyclic) bond motifs is 2. The van der Waals surface area contributed by atoms with Crippen LogP contribution >= 0.6 is 11.3 Å². The van der Waals surface area contributed by atoms with E-state index < -0.39 is 0 Å². The average molecular weight is 288 g/mol. The SMILES string of the molecule is NCC#Cc1ccc(CN2C(=O)C3CCC(C3)C2=O)s1. The van der Waals surface area contributed by atoms with E-state index in [1.807, 2.05) is 12.1 Å². The number of rotatable bonds is 2. The van der Waals surface area contributed by atoms with E-state index in [-0.39, 0.29) is 23.7 Å². The van der Waals surface area contributed by atoms with Crippen molar-refractivity contribution in [1.29, 1.82) is 0 Å². The van der Waals surface area contributed by atoms with Gasteiger partial charge in [0.1, 0.15) is 0 Å². The minimum atomic E-state index is 0.00624. The summed E-state index contributed by atoms with van der Waals surface area (Å²) in [7, 11) is 0. The molecule has 1 aliphatic carbocycles. The number of hydrogen-bond acceptors (Lipinski definition) is 4. The maximum atomic E-state index is 12.2. The third-order valence-electron chi connectivity index (χ3n) is 3.95. The molecule has 2 N–H and O–H groups in total. The lowest BCUT2D eigenvalue weighted by Crippen LogP contribution is -2.45. The van der Waals surface area contributed by atoms with Gasteiger partial charge in [-0.2, -0.15) is 0 Å². The second kappa shape index (κ2) is 5.39. The maximum Gasteiger partial charge on any atom is 0.232 e. The van der Waals surface area contributed by atoms with Gasteiger partial charge < -0.3 is 5.73 Å². The van der Waals surface area contributed by atoms with Crippen molar-refractivity contribution in [2.24, 2.45) is 17.6 Å². The lowest BCUT2D eigenvalue weighted by molar-refractivity contribution is -0.153. The van der Waals surface area contributed by atoms with Crippen LogP contribution in [0.1, 0.15) is 29.0 Å². The molecule has 1 saturated carbocycles. The first-order valence-electron chi connectivity index (χ1n) is 6.82. The fourth-order valence-electron chi connectivity index (χ4n) is 2.96. The maximum absolute atomic E-state index is 12.2. The van der Waals surface area contributed by atoms with Crippen LogP contribution in [0.15, 0.2) is 12.1 Å². The number of likely N-dealkylation sites (tertiary alicyclic amines) is 1. The largest absolute Gasteiger partial charge is 0.320 e. The second-order valence-corrected chi connectivity index (χ2v) is 6.41. The van der Waals surface area contributed by atoms with Crippen molar-refractivity contribution in [2.45, 2.75) is 25.8 Å². The van der Waals surface area contributed by atoms with Crippen LogP contribution in [0, 0.1) is 23.7 Å². The molecule has 0 spiro atoms. The van der Waals surface area contributed by atoms with Gasteiger partial charge in [-0.05, 0) is 31.4 Å². The van der Waals surface area contributed by atoms with Crippen LogP contribution < -0.4 is 5.73 Å². The molecule has 2 fully saturated rings. The number of nitrogens with zero attached hydrogens (tertiary/aromatic N) is 1. The first-order chi connectivity index (χ1) is 9.69. The molecule has 20 heavy (non-hydrogen) atoms. The van der Waals surface area contributed by atoms with Crippen molar-refractivity contribution < 1.29 is 9.59 Å². The van der Waals surface area contributed by atoms with Crippen molar-refractivity contribution in [2.75, 3.05) is 6.54 Å². The molecule has 1 aromatic rings. The Kier molecular flexibility index (Phi) is 3.60. The van der Waals surface area contributed by atoms with E-state index in [1.54, 1.807) is 0 Å². The molecule has 3 rings (SSSR count). The van der Waals surface area contributed by atoms with Crippen LogP contribution in [0.25, 0.3) is 0 Å². The minimum absolute atomic E-state index is 0.00624. The Bertz CT molecular complexity index is 589. The van der Waals surface area contributed by atoms with Crippen molar-refractivity contribution in [3.8, 4) is 11.8 Å². The first-order valence-corrected chi connectivity index (χ1v) is 7.63. The summed E-state index contributed by atoms with van der Waals surface area (Å²) >= 11 is 1.52. The molecule has 5 heteroatoms. The summed E-state index contributed by atoms with van der Waals surface area (Å²) in [6.07, 6.45) is 2.48. The zero-order chi connectivity index (χ0) is 14.1. The summed E-state index contributed by atoms with van der Waals surface area (Å²) in [4.78, 5) is 27.8. The van der Waals surface area contributed by atoms with Crippen LogP contribution in [0.5, 0.6) is 0 Å². The summed E-state index contributed by atoms with van der Waals surface area (Å²) in [5, 5.41) is 0. The first kappa shape index (κ1) is 13.3. The quantitative estimate of drug-likeness (QED) is 0.660. The summed E-state index contributed by atoms with van der Waals surface area (Å²) in [5.41, 5.74) is 5.34. The Morgan fingerprint density at radius 2 is 1.95 bits per heavy atom. The highest BCUT2D eigenvalue weighted by Crippen LogP contribution is 2.38. The van der Waals surface area contributed by atoms with Gasteiger partial charge in [-0.15, -0.1) is 11.3 Å². The van der Waals surface area contributed by atoms with Gasteiger partial charge in [0.05, 0.1) is 18.0 Å². The summed E-state index contributed by atoms with van der Waals surface area (Å²) in [6.45, 7) is 0.722. The van der Waals surface area contributed by atoms with Crippen LogP contribution in [0.3, 0.4) is 0 Å². The lowest BCUT2D eigenvalue weighted by atomic mass is 9.97. The van der Waals surface area contributed by atoms with Gasteiger partial charge in [0.2, 0.25) is 11.8 Å². The van der Waals surface area contributed by atoms with Gasteiger partial charge in [0.25, 0.3) is 0 Å². The smallest absolute Gasteiger partial charge is 0.232 e. The third-order valence-corrected chi connectivity index (χ3v) is 4.94. The second-order valence-electron chi connectivity index (χ2n) is 5.24. The number of carbonyl (C=O) groups excluding carboxylic acids is 2. The summed E-state index contributed by atoms with van der Waals surface area (Å²) in [6, 6.07) is 3.85.